The topological polar surface area (TPSA) is 49.7 Å². The molecule has 3 nitrogen and oxygen atoms in total. The Kier molecular flexibility index (Phi) is 5.14. The zero-order valence-corrected chi connectivity index (χ0v) is 13.5. The minimum atomic E-state index is -0.647. The summed E-state index contributed by atoms with van der Waals surface area (Å²) in [6.45, 7) is 8.78. The first-order chi connectivity index (χ1) is 9.29. The van der Waals surface area contributed by atoms with E-state index in [2.05, 4.69) is 13.8 Å². The van der Waals surface area contributed by atoms with E-state index in [0.29, 0.717) is 36.7 Å². The normalized spacial score (nSPS) is 39.6. The number of hydrogen-bond donors (Lipinski definition) is 2. The van der Waals surface area contributed by atoms with Gasteiger partial charge in [-0.3, -0.25) is 0 Å². The second-order valence-corrected chi connectivity index (χ2v) is 7.74. The SMILES string of the molecule is CC1CCC(O)C2CCC([C@@H](C)OCCC(C)(C)O)C12. The highest BCUT2D eigenvalue weighted by atomic mass is 16.5. The standard InChI is InChI=1S/C17H32O3/c1-11-5-8-15(18)14-7-6-13(16(11)14)12(2)20-10-9-17(3,4)19/h11-16,18-19H,5-10H2,1-4H3/t11?,12-,13?,14?,15?,16?/m1/s1. The summed E-state index contributed by atoms with van der Waals surface area (Å²) in [5.74, 6) is 2.39. The molecule has 2 saturated carbocycles. The summed E-state index contributed by atoms with van der Waals surface area (Å²) in [4.78, 5) is 0. The monoisotopic (exact) mass is 284 g/mol. The van der Waals surface area contributed by atoms with Crippen molar-refractivity contribution >= 4 is 0 Å². The van der Waals surface area contributed by atoms with Crippen molar-refractivity contribution in [3.63, 3.8) is 0 Å². The summed E-state index contributed by atoms with van der Waals surface area (Å²) in [7, 11) is 0. The Morgan fingerprint density at radius 1 is 1.20 bits per heavy atom. The zero-order valence-electron chi connectivity index (χ0n) is 13.5. The van der Waals surface area contributed by atoms with Gasteiger partial charge >= 0.3 is 0 Å². The lowest BCUT2D eigenvalue weighted by Gasteiger charge is -2.40. The molecule has 2 aliphatic carbocycles. The lowest BCUT2D eigenvalue weighted by molar-refractivity contribution is -0.0493. The number of ether oxygens (including phenoxy) is 1. The van der Waals surface area contributed by atoms with Crippen LogP contribution >= 0.6 is 0 Å². The van der Waals surface area contributed by atoms with E-state index < -0.39 is 5.60 Å². The maximum atomic E-state index is 10.2. The van der Waals surface area contributed by atoms with E-state index in [4.69, 9.17) is 4.74 Å². The van der Waals surface area contributed by atoms with Crippen LogP contribution in [0.4, 0.5) is 0 Å². The van der Waals surface area contributed by atoms with E-state index in [0.717, 1.165) is 19.3 Å². The van der Waals surface area contributed by atoms with Crippen LogP contribution in [0.15, 0.2) is 0 Å². The van der Waals surface area contributed by atoms with Crippen molar-refractivity contribution in [2.75, 3.05) is 6.61 Å². The first-order valence-corrected chi connectivity index (χ1v) is 8.31. The molecule has 0 bridgehead atoms. The molecule has 2 aliphatic rings. The maximum absolute atomic E-state index is 10.2. The highest BCUT2D eigenvalue weighted by Crippen LogP contribution is 2.50. The molecule has 2 N–H and O–H groups in total. The molecule has 0 amide bonds. The number of hydrogen-bond acceptors (Lipinski definition) is 3. The number of rotatable bonds is 5. The van der Waals surface area contributed by atoms with Crippen molar-refractivity contribution in [1.29, 1.82) is 0 Å². The third-order valence-corrected chi connectivity index (χ3v) is 5.59. The van der Waals surface area contributed by atoms with Crippen molar-refractivity contribution in [2.45, 2.75) is 77.6 Å². The Hall–Kier alpha value is -0.120. The summed E-state index contributed by atoms with van der Waals surface area (Å²) >= 11 is 0. The minimum Gasteiger partial charge on any atom is -0.393 e. The van der Waals surface area contributed by atoms with E-state index >= 15 is 0 Å². The molecule has 118 valence electrons. The Labute approximate surface area is 123 Å². The lowest BCUT2D eigenvalue weighted by Crippen LogP contribution is -2.39. The maximum Gasteiger partial charge on any atom is 0.0613 e. The quantitative estimate of drug-likeness (QED) is 0.816. The molecule has 0 heterocycles. The van der Waals surface area contributed by atoms with E-state index in [1.165, 1.54) is 6.42 Å². The van der Waals surface area contributed by atoms with Crippen LogP contribution in [-0.4, -0.2) is 34.6 Å². The van der Waals surface area contributed by atoms with Crippen molar-refractivity contribution in [3.8, 4) is 0 Å². The summed E-state index contributed by atoms with van der Waals surface area (Å²) in [6.07, 6.45) is 5.28. The average Bonchev–Trinajstić information content (AvgIpc) is 2.78. The largest absolute Gasteiger partial charge is 0.393 e. The van der Waals surface area contributed by atoms with E-state index in [1.807, 2.05) is 13.8 Å². The number of aliphatic hydroxyl groups excluding tert-OH is 1. The van der Waals surface area contributed by atoms with Gasteiger partial charge in [0, 0.05) is 6.61 Å². The van der Waals surface area contributed by atoms with Crippen molar-refractivity contribution in [3.05, 3.63) is 0 Å². The fourth-order valence-electron chi connectivity index (χ4n) is 4.39. The van der Waals surface area contributed by atoms with Crippen LogP contribution in [0.3, 0.4) is 0 Å². The second kappa shape index (κ2) is 6.33. The van der Waals surface area contributed by atoms with Gasteiger partial charge in [0.2, 0.25) is 0 Å². The first-order valence-electron chi connectivity index (χ1n) is 8.31. The summed E-state index contributed by atoms with van der Waals surface area (Å²) in [5.41, 5.74) is -0.647. The van der Waals surface area contributed by atoms with Crippen LogP contribution in [0.1, 0.15) is 59.8 Å². The van der Waals surface area contributed by atoms with Gasteiger partial charge in [0.05, 0.1) is 17.8 Å². The van der Waals surface area contributed by atoms with E-state index in [-0.39, 0.29) is 12.2 Å². The summed E-state index contributed by atoms with van der Waals surface area (Å²) in [5, 5.41) is 20.0. The van der Waals surface area contributed by atoms with E-state index in [1.54, 1.807) is 0 Å². The van der Waals surface area contributed by atoms with Gasteiger partial charge < -0.3 is 14.9 Å². The third-order valence-electron chi connectivity index (χ3n) is 5.59. The fourth-order valence-corrected chi connectivity index (χ4v) is 4.39. The van der Waals surface area contributed by atoms with Gasteiger partial charge in [0.1, 0.15) is 0 Å². The molecule has 0 spiro atoms. The highest BCUT2D eigenvalue weighted by Gasteiger charge is 2.47. The van der Waals surface area contributed by atoms with Gasteiger partial charge in [-0.2, -0.15) is 0 Å². The van der Waals surface area contributed by atoms with Crippen LogP contribution in [-0.2, 0) is 4.74 Å². The summed E-state index contributed by atoms with van der Waals surface area (Å²) in [6, 6.07) is 0. The predicted octanol–water partition coefficient (Wildman–Crippen LogP) is 2.99. The van der Waals surface area contributed by atoms with Gasteiger partial charge in [-0.05, 0) is 76.5 Å². The number of fused-ring (bicyclic) bond motifs is 1. The lowest BCUT2D eigenvalue weighted by atomic mass is 9.69. The molecule has 0 aromatic heterocycles. The molecule has 6 atom stereocenters. The van der Waals surface area contributed by atoms with Crippen LogP contribution in [0.5, 0.6) is 0 Å². The number of aliphatic hydroxyl groups is 2. The minimum absolute atomic E-state index is 0.0928. The fraction of sp³-hybridized carbons (Fsp3) is 1.00. The Morgan fingerprint density at radius 3 is 2.55 bits per heavy atom. The Bertz CT molecular complexity index is 310. The molecular formula is C17H32O3. The molecular weight excluding hydrogens is 252 g/mol. The Morgan fingerprint density at radius 2 is 1.90 bits per heavy atom. The summed E-state index contributed by atoms with van der Waals surface area (Å²) < 4.78 is 5.99. The Balaban J connectivity index is 1.88. The zero-order chi connectivity index (χ0) is 14.9. The third kappa shape index (κ3) is 3.75. The molecule has 2 rings (SSSR count). The van der Waals surface area contributed by atoms with Crippen molar-refractivity contribution in [1.82, 2.24) is 0 Å². The molecule has 0 saturated heterocycles. The second-order valence-electron chi connectivity index (χ2n) is 7.74. The molecule has 5 unspecified atom stereocenters. The van der Waals surface area contributed by atoms with Gasteiger partial charge in [-0.1, -0.05) is 6.92 Å². The van der Waals surface area contributed by atoms with Crippen LogP contribution < -0.4 is 0 Å². The van der Waals surface area contributed by atoms with Gasteiger partial charge in [-0.15, -0.1) is 0 Å². The van der Waals surface area contributed by atoms with Gasteiger partial charge in [0.25, 0.3) is 0 Å². The van der Waals surface area contributed by atoms with Crippen LogP contribution in [0, 0.1) is 23.7 Å². The first kappa shape index (κ1) is 16.3. The van der Waals surface area contributed by atoms with Gasteiger partial charge in [-0.25, -0.2) is 0 Å². The molecule has 0 aliphatic heterocycles. The molecule has 0 radical (unpaired) electrons. The van der Waals surface area contributed by atoms with Crippen molar-refractivity contribution in [2.24, 2.45) is 23.7 Å². The average molecular weight is 284 g/mol. The molecule has 20 heavy (non-hydrogen) atoms. The molecule has 3 heteroatoms. The smallest absolute Gasteiger partial charge is 0.0613 e. The van der Waals surface area contributed by atoms with E-state index in [9.17, 15) is 10.2 Å². The van der Waals surface area contributed by atoms with Gasteiger partial charge in [0.15, 0.2) is 0 Å². The highest BCUT2D eigenvalue weighted by molar-refractivity contribution is 4.96. The van der Waals surface area contributed by atoms with Crippen LogP contribution in [0.25, 0.3) is 0 Å². The van der Waals surface area contributed by atoms with Crippen LogP contribution in [0.2, 0.25) is 0 Å². The van der Waals surface area contributed by atoms with Crippen molar-refractivity contribution < 1.29 is 14.9 Å². The molecule has 0 aromatic carbocycles. The molecule has 2 fully saturated rings. The predicted molar refractivity (Wildman–Crippen MR) is 80.4 cm³/mol. The molecule has 0 aromatic rings.